The number of benzene rings is 2. The summed E-state index contributed by atoms with van der Waals surface area (Å²) in [6, 6.07) is 14.1. The van der Waals surface area contributed by atoms with Crippen molar-refractivity contribution in [3.05, 3.63) is 68.1 Å². The molecule has 0 bridgehead atoms. The van der Waals surface area contributed by atoms with Gasteiger partial charge in [-0.05, 0) is 60.7 Å². The Hall–Kier alpha value is -0.540. The van der Waals surface area contributed by atoms with Gasteiger partial charge in [0.1, 0.15) is 0 Å². The largest absolute Gasteiger partial charge is 0.330 e. The fourth-order valence-corrected chi connectivity index (χ4v) is 3.00. The summed E-state index contributed by atoms with van der Waals surface area (Å²) in [7, 11) is 0. The van der Waals surface area contributed by atoms with Gasteiger partial charge < -0.3 is 5.73 Å². The lowest BCUT2D eigenvalue weighted by Crippen LogP contribution is -2.19. The third-order valence-corrected chi connectivity index (χ3v) is 4.49. The zero-order valence-electron chi connectivity index (χ0n) is 11.0. The summed E-state index contributed by atoms with van der Waals surface area (Å²) < 4.78 is 1.10. The van der Waals surface area contributed by atoms with Crippen molar-refractivity contribution in [2.24, 2.45) is 11.7 Å². The van der Waals surface area contributed by atoms with E-state index in [0.717, 1.165) is 17.3 Å². The van der Waals surface area contributed by atoms with Crippen LogP contribution in [-0.2, 0) is 12.8 Å². The average Bonchev–Trinajstić information content (AvgIpc) is 2.42. The highest BCUT2D eigenvalue weighted by Gasteiger charge is 2.10. The minimum absolute atomic E-state index is 0.390. The maximum Gasteiger partial charge on any atom is 0.0595 e. The van der Waals surface area contributed by atoms with Gasteiger partial charge in [-0.15, -0.1) is 0 Å². The molecule has 0 aromatic heterocycles. The predicted molar refractivity (Wildman–Crippen MR) is 90.6 cm³/mol. The van der Waals surface area contributed by atoms with Gasteiger partial charge in [-0.25, -0.2) is 0 Å². The first-order valence-electron chi connectivity index (χ1n) is 6.47. The molecule has 0 fully saturated rings. The molecule has 0 spiro atoms. The predicted octanol–water partition coefficient (Wildman–Crippen LogP) is 5.12. The van der Waals surface area contributed by atoms with Crippen molar-refractivity contribution in [3.63, 3.8) is 0 Å². The van der Waals surface area contributed by atoms with E-state index in [-0.39, 0.29) is 0 Å². The molecule has 106 valence electrons. The maximum atomic E-state index is 6.05. The number of nitrogens with two attached hydrogens (primary N) is 1. The van der Waals surface area contributed by atoms with Gasteiger partial charge in [0.25, 0.3) is 0 Å². The molecule has 0 saturated carbocycles. The summed E-state index contributed by atoms with van der Waals surface area (Å²) in [5.41, 5.74) is 8.36. The van der Waals surface area contributed by atoms with Crippen LogP contribution in [-0.4, -0.2) is 6.54 Å². The molecule has 1 nitrogen and oxygen atoms in total. The number of halogens is 3. The van der Waals surface area contributed by atoms with E-state index in [1.54, 1.807) is 0 Å². The van der Waals surface area contributed by atoms with Gasteiger partial charge in [0, 0.05) is 4.47 Å². The molecule has 2 N–H and O–H groups in total. The van der Waals surface area contributed by atoms with Gasteiger partial charge in [0.2, 0.25) is 0 Å². The third kappa shape index (κ3) is 4.49. The van der Waals surface area contributed by atoms with E-state index in [0.29, 0.717) is 22.5 Å². The summed E-state index contributed by atoms with van der Waals surface area (Å²) in [5.74, 6) is 0.390. The lowest BCUT2D eigenvalue weighted by Gasteiger charge is -2.15. The van der Waals surface area contributed by atoms with Crippen LogP contribution in [0.4, 0.5) is 0 Å². The standard InChI is InChI=1S/C16H16BrCl2N/c17-14-3-1-2-11(8-14)6-13(10-20)7-12-4-5-15(18)16(19)9-12/h1-5,8-9,13H,6-7,10,20H2. The first-order chi connectivity index (χ1) is 9.58. The molecule has 0 heterocycles. The molecule has 0 aliphatic rings. The van der Waals surface area contributed by atoms with Gasteiger partial charge >= 0.3 is 0 Å². The van der Waals surface area contributed by atoms with Crippen molar-refractivity contribution >= 4 is 39.1 Å². The fourth-order valence-electron chi connectivity index (χ4n) is 2.24. The topological polar surface area (TPSA) is 26.0 Å². The van der Waals surface area contributed by atoms with Crippen molar-refractivity contribution in [1.29, 1.82) is 0 Å². The normalized spacial score (nSPS) is 12.4. The number of rotatable bonds is 5. The number of hydrogen-bond acceptors (Lipinski definition) is 1. The Labute approximate surface area is 138 Å². The van der Waals surface area contributed by atoms with Crippen LogP contribution >= 0.6 is 39.1 Å². The first kappa shape index (κ1) is 15.8. The van der Waals surface area contributed by atoms with Crippen LogP contribution in [0, 0.1) is 5.92 Å². The highest BCUT2D eigenvalue weighted by molar-refractivity contribution is 9.10. The molecule has 0 aliphatic carbocycles. The second-order valence-electron chi connectivity index (χ2n) is 4.89. The van der Waals surface area contributed by atoms with E-state index >= 15 is 0 Å². The Morgan fingerprint density at radius 2 is 1.65 bits per heavy atom. The molecule has 0 saturated heterocycles. The van der Waals surface area contributed by atoms with Crippen molar-refractivity contribution < 1.29 is 0 Å². The summed E-state index contributed by atoms with van der Waals surface area (Å²) in [6.07, 6.45) is 1.86. The Balaban J connectivity index is 2.07. The van der Waals surface area contributed by atoms with E-state index in [2.05, 4.69) is 28.1 Å². The van der Waals surface area contributed by atoms with Gasteiger partial charge in [-0.2, -0.15) is 0 Å². The highest BCUT2D eigenvalue weighted by atomic mass is 79.9. The quantitative estimate of drug-likeness (QED) is 0.774. The summed E-state index contributed by atoms with van der Waals surface area (Å²) >= 11 is 15.5. The van der Waals surface area contributed by atoms with Crippen LogP contribution in [0.3, 0.4) is 0 Å². The number of hydrogen-bond donors (Lipinski definition) is 1. The molecule has 1 atom stereocenters. The lowest BCUT2D eigenvalue weighted by molar-refractivity contribution is 0.533. The van der Waals surface area contributed by atoms with E-state index in [4.69, 9.17) is 28.9 Å². The molecule has 2 aromatic rings. The zero-order chi connectivity index (χ0) is 14.5. The molecule has 0 aliphatic heterocycles. The van der Waals surface area contributed by atoms with E-state index < -0.39 is 0 Å². The Morgan fingerprint density at radius 3 is 2.25 bits per heavy atom. The second-order valence-corrected chi connectivity index (χ2v) is 6.62. The molecular formula is C16H16BrCl2N. The average molecular weight is 373 g/mol. The van der Waals surface area contributed by atoms with Crippen LogP contribution in [0.2, 0.25) is 10.0 Å². The van der Waals surface area contributed by atoms with E-state index in [9.17, 15) is 0 Å². The summed E-state index contributed by atoms with van der Waals surface area (Å²) in [4.78, 5) is 0. The first-order valence-corrected chi connectivity index (χ1v) is 8.02. The lowest BCUT2D eigenvalue weighted by atomic mass is 9.93. The fraction of sp³-hybridized carbons (Fsp3) is 0.250. The van der Waals surface area contributed by atoms with Gasteiger partial charge in [-0.1, -0.05) is 57.3 Å². The van der Waals surface area contributed by atoms with E-state index in [1.165, 1.54) is 11.1 Å². The molecule has 2 aromatic carbocycles. The second kappa shape index (κ2) is 7.46. The van der Waals surface area contributed by atoms with Gasteiger partial charge in [0.05, 0.1) is 10.0 Å². The summed E-state index contributed by atoms with van der Waals surface area (Å²) in [5, 5.41) is 1.19. The Kier molecular flexibility index (Phi) is 5.91. The molecule has 0 radical (unpaired) electrons. The molecule has 0 amide bonds. The maximum absolute atomic E-state index is 6.05. The van der Waals surface area contributed by atoms with Crippen molar-refractivity contribution in [1.82, 2.24) is 0 Å². The van der Waals surface area contributed by atoms with Gasteiger partial charge in [0.15, 0.2) is 0 Å². The van der Waals surface area contributed by atoms with Crippen molar-refractivity contribution in [3.8, 4) is 0 Å². The third-order valence-electron chi connectivity index (χ3n) is 3.26. The minimum atomic E-state index is 0.390. The van der Waals surface area contributed by atoms with Crippen LogP contribution < -0.4 is 5.73 Å². The molecular weight excluding hydrogens is 357 g/mol. The SMILES string of the molecule is NCC(Cc1cccc(Br)c1)Cc1ccc(Cl)c(Cl)c1. The molecule has 2 rings (SSSR count). The van der Waals surface area contributed by atoms with Gasteiger partial charge in [-0.3, -0.25) is 0 Å². The van der Waals surface area contributed by atoms with Crippen molar-refractivity contribution in [2.45, 2.75) is 12.8 Å². The van der Waals surface area contributed by atoms with Crippen LogP contribution in [0.25, 0.3) is 0 Å². The molecule has 4 heteroatoms. The zero-order valence-corrected chi connectivity index (χ0v) is 14.0. The summed E-state index contributed by atoms with van der Waals surface area (Å²) in [6.45, 7) is 0.646. The monoisotopic (exact) mass is 371 g/mol. The van der Waals surface area contributed by atoms with E-state index in [1.807, 2.05) is 30.3 Å². The van der Waals surface area contributed by atoms with Crippen molar-refractivity contribution in [2.75, 3.05) is 6.54 Å². The molecule has 20 heavy (non-hydrogen) atoms. The van der Waals surface area contributed by atoms with Crippen LogP contribution in [0.1, 0.15) is 11.1 Å². The Bertz CT molecular complexity index is 586. The van der Waals surface area contributed by atoms with Crippen LogP contribution in [0.5, 0.6) is 0 Å². The smallest absolute Gasteiger partial charge is 0.0595 e. The molecule has 1 unspecified atom stereocenters. The Morgan fingerprint density at radius 1 is 0.950 bits per heavy atom. The van der Waals surface area contributed by atoms with Crippen LogP contribution in [0.15, 0.2) is 46.9 Å². The minimum Gasteiger partial charge on any atom is -0.330 e. The highest BCUT2D eigenvalue weighted by Crippen LogP contribution is 2.24.